The molecule has 1 atom stereocenters. The molecule has 0 heterocycles. The smallest absolute Gasteiger partial charge is 0.318 e. The van der Waals surface area contributed by atoms with Crippen LogP contribution in [0.3, 0.4) is 0 Å². The van der Waals surface area contributed by atoms with Crippen molar-refractivity contribution in [2.75, 3.05) is 25.6 Å². The highest BCUT2D eigenvalue weighted by molar-refractivity contribution is 7.54. The number of hydrogen-bond acceptors (Lipinski definition) is 6. The summed E-state index contributed by atoms with van der Waals surface area (Å²) in [6.07, 6.45) is 0. The van der Waals surface area contributed by atoms with Crippen molar-refractivity contribution in [3.63, 3.8) is 0 Å². The lowest BCUT2D eigenvalue weighted by Gasteiger charge is -2.28. The van der Waals surface area contributed by atoms with Gasteiger partial charge in [-0.1, -0.05) is 30.3 Å². The first kappa shape index (κ1) is 20.6. The number of nitrogens with zero attached hydrogens (tertiary/aromatic N) is 2. The van der Waals surface area contributed by atoms with Gasteiger partial charge in [-0.25, -0.2) is 4.79 Å². The number of rotatable bonds is 10. The Balaban J connectivity index is 3.16. The van der Waals surface area contributed by atoms with E-state index >= 15 is 0 Å². The summed E-state index contributed by atoms with van der Waals surface area (Å²) in [6, 6.07) is 7.75. The summed E-state index contributed by atoms with van der Waals surface area (Å²) in [6.45, 7) is 3.53. The van der Waals surface area contributed by atoms with Crippen LogP contribution in [0.15, 0.2) is 35.6 Å². The summed E-state index contributed by atoms with van der Waals surface area (Å²) in [5.74, 6) is -1.05. The summed E-state index contributed by atoms with van der Waals surface area (Å²) in [5, 5.41) is 5.73. The lowest BCUT2D eigenvalue weighted by atomic mass is 10.2. The van der Waals surface area contributed by atoms with Gasteiger partial charge >= 0.3 is 13.6 Å². The van der Waals surface area contributed by atoms with Gasteiger partial charge in [0.1, 0.15) is 0 Å². The summed E-state index contributed by atoms with van der Waals surface area (Å²) in [5.41, 5.74) is 0.521. The highest BCUT2D eigenvalue weighted by Crippen LogP contribution is 2.59. The molecule has 1 rings (SSSR count). The third-order valence-corrected chi connectivity index (χ3v) is 5.40. The van der Waals surface area contributed by atoms with Crippen LogP contribution in [-0.2, 0) is 13.6 Å². The van der Waals surface area contributed by atoms with Gasteiger partial charge in [-0.05, 0) is 19.4 Å². The summed E-state index contributed by atoms with van der Waals surface area (Å²) >= 11 is 5.54. The summed E-state index contributed by atoms with van der Waals surface area (Å²) < 4.78 is 23.8. The largest absolute Gasteiger partial charge is 0.357 e. The second-order valence-electron chi connectivity index (χ2n) is 4.53. The molecule has 24 heavy (non-hydrogen) atoms. The minimum Gasteiger partial charge on any atom is -0.318 e. The van der Waals surface area contributed by atoms with Gasteiger partial charge in [-0.3, -0.25) is 4.57 Å². The highest BCUT2D eigenvalue weighted by Gasteiger charge is 2.39. The number of halogens is 1. The quantitative estimate of drug-likeness (QED) is 0.289. The fraction of sp³-hybridized carbons (Fsp3) is 0.500. The lowest BCUT2D eigenvalue weighted by Crippen LogP contribution is -2.39. The van der Waals surface area contributed by atoms with E-state index in [1.165, 1.54) is 0 Å². The van der Waals surface area contributed by atoms with E-state index in [1.54, 1.807) is 44.2 Å². The molecular weight excluding hydrogens is 357 g/mol. The zero-order valence-corrected chi connectivity index (χ0v) is 15.2. The molecule has 134 valence electrons. The molecule has 0 spiro atoms. The Morgan fingerprint density at radius 3 is 2.33 bits per heavy atom. The molecule has 0 saturated heterocycles. The van der Waals surface area contributed by atoms with Gasteiger partial charge in [0.05, 0.1) is 25.0 Å². The van der Waals surface area contributed by atoms with E-state index in [4.69, 9.17) is 20.6 Å². The van der Waals surface area contributed by atoms with E-state index in [-0.39, 0.29) is 25.6 Å². The molecule has 8 nitrogen and oxygen atoms in total. The van der Waals surface area contributed by atoms with Crippen molar-refractivity contribution in [3.8, 4) is 0 Å². The SMILES string of the molecule is CCOP(=O)(OCC)C(NC(=O)N(CCCl)N=O)c1ccccc1. The van der Waals surface area contributed by atoms with Crippen molar-refractivity contribution >= 4 is 25.2 Å². The zero-order chi connectivity index (χ0) is 18.0. The van der Waals surface area contributed by atoms with Crippen molar-refractivity contribution in [2.45, 2.75) is 19.6 Å². The maximum Gasteiger partial charge on any atom is 0.357 e. The molecule has 0 aliphatic rings. The van der Waals surface area contributed by atoms with E-state index in [0.717, 1.165) is 0 Å². The maximum absolute atomic E-state index is 13.1. The Morgan fingerprint density at radius 1 is 1.29 bits per heavy atom. The number of alkyl halides is 1. The normalized spacial score (nSPS) is 12.5. The van der Waals surface area contributed by atoms with Gasteiger partial charge in [0.25, 0.3) is 0 Å². The van der Waals surface area contributed by atoms with Crippen LogP contribution in [0.5, 0.6) is 0 Å². The lowest BCUT2D eigenvalue weighted by molar-refractivity contribution is 0.188. The third kappa shape index (κ3) is 5.56. The van der Waals surface area contributed by atoms with Crippen LogP contribution >= 0.6 is 19.2 Å². The number of nitroso groups, excluding NO2 is 1. The second-order valence-corrected chi connectivity index (χ2v) is 7.02. The van der Waals surface area contributed by atoms with Gasteiger partial charge < -0.3 is 14.4 Å². The fourth-order valence-electron chi connectivity index (χ4n) is 1.98. The molecule has 0 saturated carbocycles. The molecule has 0 bridgehead atoms. The first-order valence-electron chi connectivity index (χ1n) is 7.43. The topological polar surface area (TPSA) is 97.3 Å². The van der Waals surface area contributed by atoms with Crippen LogP contribution in [0.2, 0.25) is 0 Å². The van der Waals surface area contributed by atoms with E-state index in [2.05, 4.69) is 10.6 Å². The number of nitrogens with one attached hydrogen (secondary N) is 1. The van der Waals surface area contributed by atoms with E-state index in [9.17, 15) is 14.3 Å². The summed E-state index contributed by atoms with van der Waals surface area (Å²) in [7, 11) is -3.71. The Hall–Kier alpha value is -1.47. The maximum atomic E-state index is 13.1. The van der Waals surface area contributed by atoms with Crippen molar-refractivity contribution in [2.24, 2.45) is 5.29 Å². The first-order chi connectivity index (χ1) is 11.5. The highest BCUT2D eigenvalue weighted by atomic mass is 35.5. The van der Waals surface area contributed by atoms with Gasteiger partial charge in [0, 0.05) is 5.88 Å². The van der Waals surface area contributed by atoms with Crippen LogP contribution in [0.25, 0.3) is 0 Å². The molecule has 0 aromatic heterocycles. The molecule has 0 fully saturated rings. The zero-order valence-electron chi connectivity index (χ0n) is 13.6. The molecular formula is C14H21ClN3O5P. The minimum atomic E-state index is -3.71. The molecule has 0 aliphatic heterocycles. The van der Waals surface area contributed by atoms with Gasteiger partial charge in [0.15, 0.2) is 5.78 Å². The van der Waals surface area contributed by atoms with Crippen LogP contribution in [0.1, 0.15) is 25.2 Å². The standard InChI is InChI=1S/C14H21ClN3O5P/c1-3-22-24(21,23-4-2)13(12-8-6-5-7-9-12)16-14(19)18(17-20)11-10-15/h5-9,13H,3-4,10-11H2,1-2H3,(H,16,19). The average Bonchev–Trinajstić information content (AvgIpc) is 2.58. The number of amides is 2. The van der Waals surface area contributed by atoms with Crippen molar-refractivity contribution in [1.82, 2.24) is 10.3 Å². The van der Waals surface area contributed by atoms with E-state index < -0.39 is 19.4 Å². The Bertz CT molecular complexity index is 565. The molecule has 0 aliphatic carbocycles. The Morgan fingerprint density at radius 2 is 1.88 bits per heavy atom. The van der Waals surface area contributed by atoms with Crippen LogP contribution in [-0.4, -0.2) is 36.7 Å². The molecule has 0 radical (unpaired) electrons. The number of carbonyl (C=O) groups is 1. The van der Waals surface area contributed by atoms with Gasteiger partial charge in [0.2, 0.25) is 0 Å². The monoisotopic (exact) mass is 377 g/mol. The van der Waals surface area contributed by atoms with E-state index in [0.29, 0.717) is 10.6 Å². The predicted molar refractivity (Wildman–Crippen MR) is 91.8 cm³/mol. The minimum absolute atomic E-state index is 0.0315. The van der Waals surface area contributed by atoms with Gasteiger partial charge in [-0.2, -0.15) is 5.01 Å². The number of carbonyl (C=O) groups excluding carboxylic acids is 1. The van der Waals surface area contributed by atoms with Gasteiger partial charge in [-0.15, -0.1) is 16.5 Å². The predicted octanol–water partition coefficient (Wildman–Crippen LogP) is 3.88. The number of benzene rings is 1. The van der Waals surface area contributed by atoms with Crippen molar-refractivity contribution < 1.29 is 18.4 Å². The Kier molecular flexibility index (Phi) is 8.92. The number of urea groups is 1. The second kappa shape index (κ2) is 10.4. The summed E-state index contributed by atoms with van der Waals surface area (Å²) in [4.78, 5) is 23.0. The Labute approximate surface area is 145 Å². The van der Waals surface area contributed by atoms with Crippen molar-refractivity contribution in [1.29, 1.82) is 0 Å². The van der Waals surface area contributed by atoms with Crippen LogP contribution < -0.4 is 5.32 Å². The van der Waals surface area contributed by atoms with Crippen molar-refractivity contribution in [3.05, 3.63) is 40.8 Å². The molecule has 10 heteroatoms. The molecule has 1 N–H and O–H groups in total. The molecule has 1 unspecified atom stereocenters. The first-order valence-corrected chi connectivity index (χ1v) is 9.58. The third-order valence-electron chi connectivity index (χ3n) is 2.94. The van der Waals surface area contributed by atoms with Crippen LogP contribution in [0.4, 0.5) is 4.79 Å². The number of hydrogen-bond donors (Lipinski definition) is 1. The fourth-order valence-corrected chi connectivity index (χ4v) is 4.04. The van der Waals surface area contributed by atoms with E-state index in [1.807, 2.05) is 0 Å². The molecule has 2 amide bonds. The van der Waals surface area contributed by atoms with Crippen LogP contribution in [0, 0.1) is 4.91 Å². The molecule has 1 aromatic carbocycles. The molecule has 1 aromatic rings. The average molecular weight is 378 g/mol.